The van der Waals surface area contributed by atoms with E-state index in [4.69, 9.17) is 16.3 Å². The molecule has 1 aromatic carbocycles. The lowest BCUT2D eigenvalue weighted by Gasteiger charge is -2.26. The van der Waals surface area contributed by atoms with Gasteiger partial charge in [-0.1, -0.05) is 11.6 Å². The summed E-state index contributed by atoms with van der Waals surface area (Å²) < 4.78 is 5.64. The summed E-state index contributed by atoms with van der Waals surface area (Å²) in [6.07, 6.45) is 4.35. The van der Waals surface area contributed by atoms with Gasteiger partial charge in [-0.25, -0.2) is 9.97 Å². The smallest absolute Gasteiger partial charge is 0.164 e. The van der Waals surface area contributed by atoms with Gasteiger partial charge in [0, 0.05) is 11.4 Å². The van der Waals surface area contributed by atoms with Gasteiger partial charge in [0.15, 0.2) is 5.75 Å². The summed E-state index contributed by atoms with van der Waals surface area (Å²) in [4.78, 5) is 8.65. The van der Waals surface area contributed by atoms with Gasteiger partial charge in [0.2, 0.25) is 0 Å². The monoisotopic (exact) mass is 275 g/mol. The first-order valence-electron chi connectivity index (χ1n) is 6.24. The van der Waals surface area contributed by atoms with Crippen LogP contribution in [0.5, 0.6) is 11.5 Å². The fraction of sp³-hybridized carbons (Fsp3) is 0.286. The lowest BCUT2D eigenvalue weighted by atomic mass is 9.99. The van der Waals surface area contributed by atoms with Crippen molar-refractivity contribution < 1.29 is 4.74 Å². The van der Waals surface area contributed by atoms with Crippen molar-refractivity contribution in [2.24, 2.45) is 5.92 Å². The predicted octanol–water partition coefficient (Wildman–Crippen LogP) is 2.68. The van der Waals surface area contributed by atoms with E-state index in [1.54, 1.807) is 24.5 Å². The van der Waals surface area contributed by atoms with Crippen LogP contribution in [0, 0.1) is 5.92 Å². The fourth-order valence-electron chi connectivity index (χ4n) is 1.89. The molecule has 0 amide bonds. The molecule has 2 aromatic rings. The molecule has 1 N–H and O–H groups in total. The second-order valence-electron chi connectivity index (χ2n) is 4.62. The minimum absolute atomic E-state index is 0.637. The van der Waals surface area contributed by atoms with E-state index in [1.807, 2.05) is 12.1 Å². The van der Waals surface area contributed by atoms with Crippen LogP contribution in [-0.4, -0.2) is 23.1 Å². The van der Waals surface area contributed by atoms with Crippen molar-refractivity contribution in [3.8, 4) is 11.5 Å². The Hall–Kier alpha value is -1.65. The quantitative estimate of drug-likeness (QED) is 0.932. The molecule has 0 radical (unpaired) electrons. The van der Waals surface area contributed by atoms with E-state index in [0.717, 1.165) is 31.1 Å². The maximum absolute atomic E-state index is 5.82. The van der Waals surface area contributed by atoms with Crippen LogP contribution < -0.4 is 10.1 Å². The largest absolute Gasteiger partial charge is 0.454 e. The molecule has 1 saturated heterocycles. The van der Waals surface area contributed by atoms with E-state index in [1.165, 1.54) is 0 Å². The summed E-state index contributed by atoms with van der Waals surface area (Å²) in [7, 11) is 0. The van der Waals surface area contributed by atoms with E-state index >= 15 is 0 Å². The average Bonchev–Trinajstić information content (AvgIpc) is 2.38. The molecule has 2 heterocycles. The van der Waals surface area contributed by atoms with Crippen molar-refractivity contribution in [2.75, 3.05) is 13.1 Å². The van der Waals surface area contributed by atoms with Crippen molar-refractivity contribution in [2.45, 2.75) is 6.42 Å². The Morgan fingerprint density at radius 3 is 2.37 bits per heavy atom. The number of hydrogen-bond donors (Lipinski definition) is 1. The predicted molar refractivity (Wildman–Crippen MR) is 73.6 cm³/mol. The summed E-state index contributed by atoms with van der Waals surface area (Å²) >= 11 is 5.82. The third kappa shape index (κ3) is 3.22. The Bertz CT molecular complexity index is 538. The van der Waals surface area contributed by atoms with Crippen LogP contribution in [0.1, 0.15) is 5.82 Å². The Labute approximate surface area is 116 Å². The third-order valence-electron chi connectivity index (χ3n) is 3.07. The van der Waals surface area contributed by atoms with Gasteiger partial charge in [0.05, 0.1) is 12.4 Å². The van der Waals surface area contributed by atoms with Crippen LogP contribution in [-0.2, 0) is 6.42 Å². The standard InChI is InChI=1S/C14H14ClN3O/c15-11-1-3-12(4-2-11)19-13-8-17-14(18-9-13)5-10-6-16-7-10/h1-4,8-10,16H,5-7H2. The second-order valence-corrected chi connectivity index (χ2v) is 5.06. The topological polar surface area (TPSA) is 47.0 Å². The zero-order chi connectivity index (χ0) is 13.1. The van der Waals surface area contributed by atoms with Gasteiger partial charge < -0.3 is 10.1 Å². The molecule has 1 aliphatic heterocycles. The lowest BCUT2D eigenvalue weighted by Crippen LogP contribution is -2.43. The Balaban J connectivity index is 1.63. The number of hydrogen-bond acceptors (Lipinski definition) is 4. The van der Waals surface area contributed by atoms with Crippen molar-refractivity contribution in [3.05, 3.63) is 47.5 Å². The van der Waals surface area contributed by atoms with Gasteiger partial charge in [-0.05, 0) is 43.3 Å². The molecule has 1 aliphatic rings. The van der Waals surface area contributed by atoms with Crippen LogP contribution in [0.25, 0.3) is 0 Å². The molecule has 3 rings (SSSR count). The zero-order valence-corrected chi connectivity index (χ0v) is 11.1. The first-order chi connectivity index (χ1) is 9.29. The molecular weight excluding hydrogens is 262 g/mol. The molecule has 0 unspecified atom stereocenters. The molecule has 0 spiro atoms. The first kappa shape index (κ1) is 12.4. The van der Waals surface area contributed by atoms with Crippen LogP contribution in [0.4, 0.5) is 0 Å². The Morgan fingerprint density at radius 2 is 1.79 bits per heavy atom. The first-order valence-corrected chi connectivity index (χ1v) is 6.62. The molecule has 1 aromatic heterocycles. The molecule has 0 aliphatic carbocycles. The number of nitrogens with zero attached hydrogens (tertiary/aromatic N) is 2. The number of ether oxygens (including phenoxy) is 1. The zero-order valence-electron chi connectivity index (χ0n) is 10.3. The van der Waals surface area contributed by atoms with Crippen LogP contribution in [0.3, 0.4) is 0 Å². The van der Waals surface area contributed by atoms with Crippen molar-refractivity contribution in [3.63, 3.8) is 0 Å². The summed E-state index contributed by atoms with van der Waals surface area (Å²) in [6, 6.07) is 7.21. The van der Waals surface area contributed by atoms with E-state index in [-0.39, 0.29) is 0 Å². The van der Waals surface area contributed by atoms with Gasteiger partial charge >= 0.3 is 0 Å². The van der Waals surface area contributed by atoms with Crippen molar-refractivity contribution in [1.82, 2.24) is 15.3 Å². The number of aromatic nitrogens is 2. The maximum Gasteiger partial charge on any atom is 0.164 e. The number of benzene rings is 1. The maximum atomic E-state index is 5.82. The normalized spacial score (nSPS) is 15.0. The molecule has 0 bridgehead atoms. The van der Waals surface area contributed by atoms with Gasteiger partial charge in [-0.3, -0.25) is 0 Å². The van der Waals surface area contributed by atoms with E-state index in [0.29, 0.717) is 16.7 Å². The SMILES string of the molecule is Clc1ccc(Oc2cnc(CC3CNC3)nc2)cc1. The molecule has 1 fully saturated rings. The highest BCUT2D eigenvalue weighted by Crippen LogP contribution is 2.22. The van der Waals surface area contributed by atoms with Crippen LogP contribution >= 0.6 is 11.6 Å². The Kier molecular flexibility index (Phi) is 3.62. The third-order valence-corrected chi connectivity index (χ3v) is 3.32. The van der Waals surface area contributed by atoms with Gasteiger partial charge in [0.1, 0.15) is 11.6 Å². The minimum Gasteiger partial charge on any atom is -0.454 e. The lowest BCUT2D eigenvalue weighted by molar-refractivity contribution is 0.340. The number of halogens is 1. The Morgan fingerprint density at radius 1 is 1.11 bits per heavy atom. The summed E-state index contributed by atoms with van der Waals surface area (Å²) in [5.41, 5.74) is 0. The van der Waals surface area contributed by atoms with Gasteiger partial charge in [-0.2, -0.15) is 0 Å². The van der Waals surface area contributed by atoms with E-state index in [2.05, 4.69) is 15.3 Å². The highest BCUT2D eigenvalue weighted by atomic mass is 35.5. The summed E-state index contributed by atoms with van der Waals surface area (Å²) in [5.74, 6) is 2.90. The summed E-state index contributed by atoms with van der Waals surface area (Å²) in [6.45, 7) is 2.12. The molecular formula is C14H14ClN3O. The van der Waals surface area contributed by atoms with Crippen LogP contribution in [0.2, 0.25) is 5.02 Å². The highest BCUT2D eigenvalue weighted by Gasteiger charge is 2.18. The molecule has 98 valence electrons. The van der Waals surface area contributed by atoms with E-state index in [9.17, 15) is 0 Å². The molecule has 0 atom stereocenters. The minimum atomic E-state index is 0.637. The molecule has 0 saturated carbocycles. The molecule has 4 nitrogen and oxygen atoms in total. The number of nitrogens with one attached hydrogen (secondary N) is 1. The summed E-state index contributed by atoms with van der Waals surface area (Å²) in [5, 5.41) is 3.93. The molecule has 19 heavy (non-hydrogen) atoms. The molecule has 5 heteroatoms. The van der Waals surface area contributed by atoms with Crippen molar-refractivity contribution in [1.29, 1.82) is 0 Å². The van der Waals surface area contributed by atoms with Gasteiger partial charge in [0.25, 0.3) is 0 Å². The van der Waals surface area contributed by atoms with Crippen LogP contribution in [0.15, 0.2) is 36.7 Å². The highest BCUT2D eigenvalue weighted by molar-refractivity contribution is 6.30. The number of rotatable bonds is 4. The fourth-order valence-corrected chi connectivity index (χ4v) is 2.02. The van der Waals surface area contributed by atoms with Crippen molar-refractivity contribution >= 4 is 11.6 Å². The van der Waals surface area contributed by atoms with Gasteiger partial charge in [-0.15, -0.1) is 0 Å². The average molecular weight is 276 g/mol. The van der Waals surface area contributed by atoms with E-state index < -0.39 is 0 Å². The second kappa shape index (κ2) is 5.55.